The third-order valence-electron chi connectivity index (χ3n) is 2.64. The Balaban J connectivity index is 0.000000341. The number of ether oxygens (including phenoxy) is 2. The summed E-state index contributed by atoms with van der Waals surface area (Å²) >= 11 is 0. The molecule has 1 aromatic carbocycles. The van der Waals surface area contributed by atoms with Gasteiger partial charge in [-0.15, -0.1) is 0 Å². The van der Waals surface area contributed by atoms with E-state index in [0.29, 0.717) is 11.1 Å². The summed E-state index contributed by atoms with van der Waals surface area (Å²) in [7, 11) is 2.73. The average molecular weight is 253 g/mol. The Bertz CT molecular complexity index is 410. The molecule has 1 aliphatic rings. The van der Waals surface area contributed by atoms with Crippen molar-refractivity contribution in [3.8, 4) is 11.5 Å². The highest BCUT2D eigenvalue weighted by atomic mass is 16.5. The third-order valence-corrected chi connectivity index (χ3v) is 2.64. The number of aryl methyl sites for hydroxylation is 1. The Morgan fingerprint density at radius 3 is 2.28 bits per heavy atom. The Kier molecular flexibility index (Phi) is 5.45. The minimum atomic E-state index is -0.444. The maximum absolute atomic E-state index is 11.3. The van der Waals surface area contributed by atoms with E-state index >= 15 is 0 Å². The van der Waals surface area contributed by atoms with Crippen LogP contribution in [-0.2, 0) is 4.74 Å². The number of esters is 1. The van der Waals surface area contributed by atoms with Crippen LogP contribution >= 0.6 is 0 Å². The molecule has 18 heavy (non-hydrogen) atoms. The van der Waals surface area contributed by atoms with Crippen LogP contribution in [0.25, 0.3) is 0 Å². The first kappa shape index (κ1) is 14.3. The van der Waals surface area contributed by atoms with Gasteiger partial charge in [0.05, 0.1) is 19.8 Å². The van der Waals surface area contributed by atoms with Gasteiger partial charge in [0.2, 0.25) is 0 Å². The lowest BCUT2D eigenvalue weighted by Crippen LogP contribution is -2.29. The lowest BCUT2D eigenvalue weighted by molar-refractivity contribution is 0.0599. The second-order valence-corrected chi connectivity index (χ2v) is 3.93. The summed E-state index contributed by atoms with van der Waals surface area (Å²) in [5.74, 6) is -0.172. The van der Waals surface area contributed by atoms with E-state index in [1.807, 2.05) is 0 Å². The molecule has 1 fully saturated rings. The molecule has 0 aliphatic carbocycles. The van der Waals surface area contributed by atoms with E-state index < -0.39 is 5.97 Å². The second kappa shape index (κ2) is 6.86. The minimum Gasteiger partial charge on any atom is -0.504 e. The van der Waals surface area contributed by atoms with Gasteiger partial charge in [0.1, 0.15) is 0 Å². The number of hydrogen-bond acceptors (Lipinski definition) is 5. The molecule has 1 aromatic rings. The number of methoxy groups -OCH3 is 2. The molecule has 1 aliphatic heterocycles. The summed E-state index contributed by atoms with van der Waals surface area (Å²) in [5.41, 5.74) is 1.04. The van der Waals surface area contributed by atoms with E-state index in [4.69, 9.17) is 4.74 Å². The molecule has 5 nitrogen and oxygen atoms in total. The zero-order chi connectivity index (χ0) is 13.5. The molecule has 1 saturated heterocycles. The van der Waals surface area contributed by atoms with Crippen molar-refractivity contribution in [1.82, 2.24) is 5.32 Å². The van der Waals surface area contributed by atoms with Crippen LogP contribution in [0.1, 0.15) is 22.3 Å². The Morgan fingerprint density at radius 2 is 1.89 bits per heavy atom. The zero-order valence-corrected chi connectivity index (χ0v) is 10.9. The number of benzene rings is 1. The molecule has 0 aromatic heterocycles. The van der Waals surface area contributed by atoms with E-state index in [9.17, 15) is 9.90 Å². The van der Waals surface area contributed by atoms with Crippen molar-refractivity contribution in [3.63, 3.8) is 0 Å². The molecule has 0 amide bonds. The summed E-state index contributed by atoms with van der Waals surface area (Å²) in [6.07, 6.45) is 1.39. The average Bonchev–Trinajstić information content (AvgIpc) is 2.26. The number of carbonyl (C=O) groups is 1. The molecular weight excluding hydrogens is 234 g/mol. The van der Waals surface area contributed by atoms with Crippen LogP contribution < -0.4 is 10.1 Å². The first-order chi connectivity index (χ1) is 8.60. The van der Waals surface area contributed by atoms with E-state index in [1.165, 1.54) is 45.9 Å². The van der Waals surface area contributed by atoms with Crippen molar-refractivity contribution >= 4 is 5.97 Å². The quantitative estimate of drug-likeness (QED) is 0.781. The summed E-state index contributed by atoms with van der Waals surface area (Å²) in [6, 6.07) is 2.92. The van der Waals surface area contributed by atoms with Gasteiger partial charge in [-0.1, -0.05) is 0 Å². The summed E-state index contributed by atoms with van der Waals surface area (Å²) < 4.78 is 9.46. The first-order valence-electron chi connectivity index (χ1n) is 5.76. The van der Waals surface area contributed by atoms with E-state index in [-0.39, 0.29) is 11.5 Å². The largest absolute Gasteiger partial charge is 0.504 e. The zero-order valence-electron chi connectivity index (χ0n) is 10.9. The number of nitrogens with one attached hydrogen (secondary N) is 1. The van der Waals surface area contributed by atoms with E-state index in [2.05, 4.69) is 10.1 Å². The van der Waals surface area contributed by atoms with Gasteiger partial charge in [0.25, 0.3) is 0 Å². The fourth-order valence-electron chi connectivity index (χ4n) is 1.34. The predicted octanol–water partition coefficient (Wildman–Crippen LogP) is 1.48. The fourth-order valence-corrected chi connectivity index (χ4v) is 1.34. The van der Waals surface area contributed by atoms with Crippen LogP contribution in [0.15, 0.2) is 12.1 Å². The summed E-state index contributed by atoms with van der Waals surface area (Å²) in [6.45, 7) is 4.21. The van der Waals surface area contributed by atoms with Gasteiger partial charge in [0.15, 0.2) is 11.5 Å². The van der Waals surface area contributed by atoms with Crippen molar-refractivity contribution in [2.24, 2.45) is 0 Å². The van der Waals surface area contributed by atoms with E-state index in [1.54, 1.807) is 6.92 Å². The number of phenolic OH excluding ortho intramolecular Hbond substituents is 1. The molecule has 5 heteroatoms. The molecule has 0 bridgehead atoms. The summed E-state index contributed by atoms with van der Waals surface area (Å²) in [5, 5.41) is 12.5. The van der Waals surface area contributed by atoms with Crippen LogP contribution in [0.4, 0.5) is 0 Å². The highest BCUT2D eigenvalue weighted by Gasteiger charge is 2.13. The van der Waals surface area contributed by atoms with Crippen molar-refractivity contribution in [2.75, 3.05) is 27.3 Å². The van der Waals surface area contributed by atoms with Gasteiger partial charge in [-0.25, -0.2) is 4.79 Å². The number of aromatic hydroxyl groups is 1. The fraction of sp³-hybridized carbons (Fsp3) is 0.462. The van der Waals surface area contributed by atoms with Gasteiger partial charge in [-0.3, -0.25) is 0 Å². The third kappa shape index (κ3) is 3.63. The van der Waals surface area contributed by atoms with Crippen molar-refractivity contribution in [3.05, 3.63) is 23.3 Å². The SMILES string of the molecule is C1CNC1.COC(=O)c1cc(OC)c(O)cc1C. The van der Waals surface area contributed by atoms with Gasteiger partial charge >= 0.3 is 5.97 Å². The number of phenols is 1. The van der Waals surface area contributed by atoms with Gasteiger partial charge in [0, 0.05) is 0 Å². The predicted molar refractivity (Wildman–Crippen MR) is 68.2 cm³/mol. The normalized spacial score (nSPS) is 12.8. The molecule has 100 valence electrons. The Labute approximate surface area is 107 Å². The van der Waals surface area contributed by atoms with Gasteiger partial charge < -0.3 is 19.9 Å². The van der Waals surface area contributed by atoms with Crippen LogP contribution in [0, 0.1) is 6.92 Å². The molecular formula is C13H19NO4. The Morgan fingerprint density at radius 1 is 1.33 bits per heavy atom. The maximum Gasteiger partial charge on any atom is 0.338 e. The van der Waals surface area contributed by atoms with Crippen LogP contribution in [0.3, 0.4) is 0 Å². The molecule has 2 N–H and O–H groups in total. The summed E-state index contributed by atoms with van der Waals surface area (Å²) in [4.78, 5) is 11.3. The number of hydrogen-bond donors (Lipinski definition) is 2. The Hall–Kier alpha value is -1.75. The van der Waals surface area contributed by atoms with Gasteiger partial charge in [-0.05, 0) is 44.1 Å². The molecule has 0 spiro atoms. The highest BCUT2D eigenvalue weighted by molar-refractivity contribution is 5.91. The highest BCUT2D eigenvalue weighted by Crippen LogP contribution is 2.29. The lowest BCUT2D eigenvalue weighted by Gasteiger charge is -2.09. The minimum absolute atomic E-state index is 0.0117. The monoisotopic (exact) mass is 253 g/mol. The van der Waals surface area contributed by atoms with Crippen LogP contribution in [0.2, 0.25) is 0 Å². The first-order valence-corrected chi connectivity index (χ1v) is 5.76. The molecule has 1 heterocycles. The molecule has 2 rings (SSSR count). The molecule has 0 radical (unpaired) electrons. The van der Waals surface area contributed by atoms with Crippen molar-refractivity contribution in [2.45, 2.75) is 13.3 Å². The van der Waals surface area contributed by atoms with E-state index in [0.717, 1.165) is 0 Å². The smallest absolute Gasteiger partial charge is 0.338 e. The standard InChI is InChI=1S/C10H12O4.C3H7N/c1-6-4-8(11)9(13-2)5-7(6)10(12)14-3;1-2-4-3-1/h4-5,11H,1-3H3;4H,1-3H2. The topological polar surface area (TPSA) is 67.8 Å². The molecule has 0 atom stereocenters. The van der Waals surface area contributed by atoms with Crippen LogP contribution in [-0.4, -0.2) is 38.4 Å². The van der Waals surface area contributed by atoms with Crippen LogP contribution in [0.5, 0.6) is 11.5 Å². The lowest BCUT2D eigenvalue weighted by atomic mass is 10.1. The molecule has 0 unspecified atom stereocenters. The number of rotatable bonds is 2. The van der Waals surface area contributed by atoms with Crippen molar-refractivity contribution < 1.29 is 19.4 Å². The second-order valence-electron chi connectivity index (χ2n) is 3.93. The number of carbonyl (C=O) groups excluding carboxylic acids is 1. The molecule has 0 saturated carbocycles. The van der Waals surface area contributed by atoms with Gasteiger partial charge in [-0.2, -0.15) is 0 Å². The maximum atomic E-state index is 11.3. The van der Waals surface area contributed by atoms with Crippen molar-refractivity contribution in [1.29, 1.82) is 0 Å².